The average molecular weight is 244 g/mol. The van der Waals surface area contributed by atoms with Crippen molar-refractivity contribution in [2.24, 2.45) is 17.3 Å². The van der Waals surface area contributed by atoms with Gasteiger partial charge in [-0.05, 0) is 32.6 Å². The van der Waals surface area contributed by atoms with Gasteiger partial charge in [0.25, 0.3) is 0 Å². The van der Waals surface area contributed by atoms with Gasteiger partial charge in [0.2, 0.25) is 6.29 Å². The molecule has 0 unspecified atom stereocenters. The first-order valence-corrected chi connectivity index (χ1v) is 6.18. The molecule has 0 aliphatic carbocycles. The number of ether oxygens (including phenoxy) is 1. The molecule has 0 spiro atoms. The number of hydrogen-bond acceptors (Lipinski definition) is 4. The number of carbonyl (C=O) groups is 1. The van der Waals surface area contributed by atoms with Crippen molar-refractivity contribution in [3.8, 4) is 0 Å². The van der Waals surface area contributed by atoms with Gasteiger partial charge in [0.15, 0.2) is 0 Å². The number of esters is 1. The van der Waals surface area contributed by atoms with Crippen LogP contribution < -0.4 is 0 Å². The normalized spacial score (nSPS) is 17.7. The minimum Gasteiger partial charge on any atom is -0.459 e. The van der Waals surface area contributed by atoms with E-state index in [1.165, 1.54) is 0 Å². The van der Waals surface area contributed by atoms with Gasteiger partial charge in [-0.3, -0.25) is 4.79 Å². The lowest BCUT2D eigenvalue weighted by molar-refractivity contribution is -0.177. The van der Waals surface area contributed by atoms with E-state index in [0.717, 1.165) is 0 Å². The van der Waals surface area contributed by atoms with Crippen molar-refractivity contribution in [1.82, 2.24) is 0 Å². The summed E-state index contributed by atoms with van der Waals surface area (Å²) in [5, 5.41) is 0. The Labute approximate surface area is 104 Å². The Bertz CT molecular complexity index is 271. The largest absolute Gasteiger partial charge is 0.459 e. The van der Waals surface area contributed by atoms with Crippen molar-refractivity contribution < 1.29 is 19.3 Å². The molecular formula is C13H24O4. The minimum atomic E-state index is -0.729. The fourth-order valence-electron chi connectivity index (χ4n) is 2.33. The number of carbonyl (C=O) groups excluding carboxylic acids is 1. The average Bonchev–Trinajstić information content (AvgIpc) is 2.83. The van der Waals surface area contributed by atoms with Crippen LogP contribution in [-0.4, -0.2) is 17.9 Å². The van der Waals surface area contributed by atoms with Crippen LogP contribution in [0.15, 0.2) is 0 Å². The monoisotopic (exact) mass is 244 g/mol. The van der Waals surface area contributed by atoms with E-state index in [-0.39, 0.29) is 17.8 Å². The molecule has 0 aromatic carbocycles. The molecule has 4 nitrogen and oxygen atoms in total. The molecule has 17 heavy (non-hydrogen) atoms. The summed E-state index contributed by atoms with van der Waals surface area (Å²) in [5.74, 6) is -0.0628. The molecule has 1 saturated heterocycles. The van der Waals surface area contributed by atoms with E-state index < -0.39 is 17.3 Å². The molecule has 0 aromatic rings. The summed E-state index contributed by atoms with van der Waals surface area (Å²) in [6.07, 6.45) is -0.475. The second-order valence-corrected chi connectivity index (χ2v) is 6.27. The van der Waals surface area contributed by atoms with Crippen LogP contribution in [0.4, 0.5) is 0 Å². The van der Waals surface area contributed by atoms with Crippen LogP contribution >= 0.6 is 0 Å². The standard InChI is InChI=1S/C13H24O4/c1-8(2)13(9(3)4,11-16-17-11)10(14)15-12(5,6)7/h8-9,11H,1-7H3. The lowest BCUT2D eigenvalue weighted by Gasteiger charge is -2.37. The molecule has 0 amide bonds. The van der Waals surface area contributed by atoms with Gasteiger partial charge in [-0.15, -0.1) is 0 Å². The van der Waals surface area contributed by atoms with Crippen LogP contribution in [0.25, 0.3) is 0 Å². The molecule has 1 aliphatic heterocycles. The zero-order valence-electron chi connectivity index (χ0n) is 11.9. The topological polar surface area (TPSA) is 51.4 Å². The number of rotatable bonds is 4. The molecule has 1 aliphatic rings. The number of hydrogen-bond donors (Lipinski definition) is 0. The van der Waals surface area contributed by atoms with Crippen molar-refractivity contribution >= 4 is 5.97 Å². The fraction of sp³-hybridized carbons (Fsp3) is 0.923. The zero-order valence-corrected chi connectivity index (χ0v) is 11.9. The van der Waals surface area contributed by atoms with Crippen molar-refractivity contribution in [3.63, 3.8) is 0 Å². The van der Waals surface area contributed by atoms with Gasteiger partial charge in [-0.2, -0.15) is 9.78 Å². The van der Waals surface area contributed by atoms with Crippen molar-refractivity contribution in [2.45, 2.75) is 60.4 Å². The van der Waals surface area contributed by atoms with E-state index in [1.54, 1.807) is 0 Å². The molecule has 0 aromatic heterocycles. The third kappa shape index (κ3) is 2.80. The maximum atomic E-state index is 12.5. The molecule has 1 fully saturated rings. The Morgan fingerprint density at radius 1 is 1.06 bits per heavy atom. The van der Waals surface area contributed by atoms with Crippen molar-refractivity contribution in [2.75, 3.05) is 0 Å². The molecule has 4 heteroatoms. The molecule has 0 radical (unpaired) electrons. The van der Waals surface area contributed by atoms with Gasteiger partial charge >= 0.3 is 5.97 Å². The van der Waals surface area contributed by atoms with Gasteiger partial charge < -0.3 is 4.74 Å². The van der Waals surface area contributed by atoms with Gasteiger partial charge in [0.05, 0.1) is 0 Å². The smallest absolute Gasteiger partial charge is 0.318 e. The highest BCUT2D eigenvalue weighted by Gasteiger charge is 2.61. The maximum absolute atomic E-state index is 12.5. The summed E-state index contributed by atoms with van der Waals surface area (Å²) in [4.78, 5) is 22.3. The molecule has 0 atom stereocenters. The molecule has 0 saturated carbocycles. The van der Waals surface area contributed by atoms with Crippen molar-refractivity contribution in [3.05, 3.63) is 0 Å². The van der Waals surface area contributed by atoms with E-state index in [2.05, 4.69) is 0 Å². The first-order chi connectivity index (χ1) is 7.62. The Kier molecular flexibility index (Phi) is 3.89. The maximum Gasteiger partial charge on any atom is 0.318 e. The van der Waals surface area contributed by atoms with E-state index in [9.17, 15) is 4.79 Å². The summed E-state index contributed by atoms with van der Waals surface area (Å²) in [6, 6.07) is 0. The summed E-state index contributed by atoms with van der Waals surface area (Å²) < 4.78 is 5.53. The van der Waals surface area contributed by atoms with Gasteiger partial charge in [-0.1, -0.05) is 27.7 Å². The highest BCUT2D eigenvalue weighted by molar-refractivity contribution is 5.78. The second-order valence-electron chi connectivity index (χ2n) is 6.27. The highest BCUT2D eigenvalue weighted by Crippen LogP contribution is 2.48. The Morgan fingerprint density at radius 2 is 1.47 bits per heavy atom. The second kappa shape index (κ2) is 4.58. The third-order valence-electron chi connectivity index (χ3n) is 3.25. The molecule has 0 bridgehead atoms. The molecule has 100 valence electrons. The summed E-state index contributed by atoms with van der Waals surface area (Å²) in [6.45, 7) is 13.6. The zero-order chi connectivity index (χ0) is 13.4. The molecular weight excluding hydrogens is 220 g/mol. The molecule has 0 N–H and O–H groups in total. The van der Waals surface area contributed by atoms with Crippen LogP contribution in [0.2, 0.25) is 0 Å². The predicted molar refractivity (Wildman–Crippen MR) is 63.9 cm³/mol. The highest BCUT2D eigenvalue weighted by atomic mass is 17.4. The third-order valence-corrected chi connectivity index (χ3v) is 3.25. The van der Waals surface area contributed by atoms with Crippen LogP contribution in [0.3, 0.4) is 0 Å². The van der Waals surface area contributed by atoms with Crippen LogP contribution in [0, 0.1) is 17.3 Å². The van der Waals surface area contributed by atoms with Gasteiger partial charge in [0, 0.05) is 0 Å². The summed E-state index contributed by atoms with van der Waals surface area (Å²) in [7, 11) is 0. The van der Waals surface area contributed by atoms with Crippen molar-refractivity contribution in [1.29, 1.82) is 0 Å². The Balaban J connectivity index is 3.01. The van der Waals surface area contributed by atoms with Crippen LogP contribution in [0.1, 0.15) is 48.5 Å². The Morgan fingerprint density at radius 3 is 1.71 bits per heavy atom. The van der Waals surface area contributed by atoms with Crippen LogP contribution in [-0.2, 0) is 19.3 Å². The first kappa shape index (κ1) is 14.5. The minimum absolute atomic E-state index is 0.0878. The summed E-state index contributed by atoms with van der Waals surface area (Å²) >= 11 is 0. The fourth-order valence-corrected chi connectivity index (χ4v) is 2.33. The van der Waals surface area contributed by atoms with E-state index >= 15 is 0 Å². The van der Waals surface area contributed by atoms with E-state index in [4.69, 9.17) is 14.5 Å². The Hall–Kier alpha value is -0.610. The van der Waals surface area contributed by atoms with Gasteiger partial charge in [0.1, 0.15) is 11.0 Å². The lowest BCUT2D eigenvalue weighted by atomic mass is 9.68. The quantitative estimate of drug-likeness (QED) is 0.433. The SMILES string of the molecule is CC(C)C(C(=O)OC(C)(C)C)(C(C)C)C1OO1. The van der Waals surface area contributed by atoms with Gasteiger partial charge in [-0.25, -0.2) is 0 Å². The lowest BCUT2D eigenvalue weighted by Crippen LogP contribution is -2.49. The van der Waals surface area contributed by atoms with Crippen LogP contribution in [0.5, 0.6) is 0 Å². The van der Waals surface area contributed by atoms with E-state index in [1.807, 2.05) is 48.5 Å². The molecule has 1 heterocycles. The van der Waals surface area contributed by atoms with E-state index in [0.29, 0.717) is 0 Å². The summed E-state index contributed by atoms with van der Waals surface area (Å²) in [5.41, 5.74) is -1.23. The molecule has 1 rings (SSSR count). The first-order valence-electron chi connectivity index (χ1n) is 6.18. The predicted octanol–water partition coefficient (Wildman–Crippen LogP) is 2.91.